The molecule has 0 rings (SSSR count). The zero-order valence-corrected chi connectivity index (χ0v) is 6.03. The van der Waals surface area contributed by atoms with Gasteiger partial charge < -0.3 is 0 Å². The van der Waals surface area contributed by atoms with Crippen LogP contribution in [0.15, 0.2) is 0 Å². The van der Waals surface area contributed by atoms with Crippen molar-refractivity contribution < 1.29 is 34.1 Å². The summed E-state index contributed by atoms with van der Waals surface area (Å²) >= 11 is 0. The molecule has 29 valence electrons. The molecule has 0 aliphatic carbocycles. The Morgan fingerprint density at radius 3 is 1.00 bits per heavy atom. The van der Waals surface area contributed by atoms with Crippen molar-refractivity contribution in [2.45, 2.75) is 0 Å². The van der Waals surface area contributed by atoms with Gasteiger partial charge in [0, 0.05) is 62.5 Å². The smallest absolute Gasteiger partial charge is 0 e. The SMILES string of the molecule is [Al].[Cu].[MgH2].[Mn].[Si]. The van der Waals surface area contributed by atoms with Crippen molar-refractivity contribution in [2.24, 2.45) is 0 Å². The Kier molecular flexibility index (Phi) is 308. The maximum absolute atomic E-state index is 0. The molecule has 0 aliphatic rings. The first-order valence-electron chi connectivity index (χ1n) is 0. The van der Waals surface area contributed by atoms with Gasteiger partial charge in [0.15, 0.2) is 0 Å². The van der Waals surface area contributed by atoms with E-state index < -0.39 is 0 Å². The minimum Gasteiger partial charge on any atom is 0 e. The fourth-order valence-electron chi connectivity index (χ4n) is 0. The third kappa shape index (κ3) is 20.8. The Balaban J connectivity index is 0. The summed E-state index contributed by atoms with van der Waals surface area (Å²) in [6.45, 7) is 0. The van der Waals surface area contributed by atoms with Crippen molar-refractivity contribution in [2.75, 3.05) is 0 Å². The summed E-state index contributed by atoms with van der Waals surface area (Å²) in [5.74, 6) is 0. The molecule has 0 N–H and O–H groups in total. The Morgan fingerprint density at radius 1 is 1.00 bits per heavy atom. The molecular weight excluding hydrogens is 198 g/mol. The van der Waals surface area contributed by atoms with E-state index in [1.165, 1.54) is 0 Å². The molecule has 0 aliphatic heterocycles. The van der Waals surface area contributed by atoms with Crippen molar-refractivity contribution in [3.05, 3.63) is 0 Å². The Bertz CT molecular complexity index is 11.6. The minimum atomic E-state index is 0. The number of hydrogen-bond acceptors (Lipinski definition) is 0. The van der Waals surface area contributed by atoms with E-state index >= 15 is 0 Å². The van der Waals surface area contributed by atoms with E-state index in [0.717, 1.165) is 0 Å². The average Bonchev–Trinajstić information content (AvgIpc) is 0. The van der Waals surface area contributed by atoms with Gasteiger partial charge in [-0.15, -0.1) is 0 Å². The summed E-state index contributed by atoms with van der Waals surface area (Å²) in [6, 6.07) is 0. The first-order chi connectivity index (χ1) is 0. The maximum Gasteiger partial charge on any atom is 0.316 e. The van der Waals surface area contributed by atoms with Gasteiger partial charge >= 0.3 is 23.1 Å². The van der Waals surface area contributed by atoms with E-state index in [1.54, 1.807) is 0 Å². The van der Waals surface area contributed by atoms with Gasteiger partial charge in [-0.1, -0.05) is 0 Å². The quantitative estimate of drug-likeness (QED) is 0.409. The van der Waals surface area contributed by atoms with Crippen molar-refractivity contribution >= 4 is 51.4 Å². The second-order valence-electron chi connectivity index (χ2n) is 0. The molecular formula is H2AlCuMgMnSi. The van der Waals surface area contributed by atoms with Gasteiger partial charge in [-0.25, -0.2) is 0 Å². The van der Waals surface area contributed by atoms with Crippen LogP contribution in [0.2, 0.25) is 0 Å². The van der Waals surface area contributed by atoms with Gasteiger partial charge in [0.25, 0.3) is 0 Å². The molecule has 0 aromatic carbocycles. The standard InChI is InChI=1S/Al.Cu.Mg.Mn.Si.2H. The molecule has 0 fully saturated rings. The van der Waals surface area contributed by atoms with Crippen LogP contribution in [-0.4, -0.2) is 51.4 Å². The van der Waals surface area contributed by atoms with Crippen molar-refractivity contribution in [1.29, 1.82) is 0 Å². The third-order valence-electron chi connectivity index (χ3n) is 0. The van der Waals surface area contributed by atoms with Crippen molar-refractivity contribution in [3.63, 3.8) is 0 Å². The number of rotatable bonds is 0. The Hall–Kier alpha value is 2.55. The third-order valence-corrected chi connectivity index (χ3v) is 0. The largest absolute Gasteiger partial charge is 0.316 e. The molecule has 0 heterocycles. The summed E-state index contributed by atoms with van der Waals surface area (Å²) in [7, 11) is 0. The zero-order chi connectivity index (χ0) is 0. The Labute approximate surface area is 84.5 Å². The molecule has 0 bridgehead atoms. The fourth-order valence-corrected chi connectivity index (χ4v) is 0. The molecule has 0 saturated carbocycles. The van der Waals surface area contributed by atoms with Crippen LogP contribution in [-0.2, 0) is 34.1 Å². The predicted octanol–water partition coefficient (Wildman–Crippen LogP) is -1.68. The van der Waals surface area contributed by atoms with Crippen LogP contribution < -0.4 is 0 Å². The monoisotopic (exact) mass is 199 g/mol. The van der Waals surface area contributed by atoms with Crippen LogP contribution in [0.4, 0.5) is 0 Å². The van der Waals surface area contributed by atoms with E-state index in [0.29, 0.717) is 0 Å². The van der Waals surface area contributed by atoms with Gasteiger partial charge in [-0.2, -0.15) is 0 Å². The Morgan fingerprint density at radius 2 is 1.00 bits per heavy atom. The van der Waals surface area contributed by atoms with Gasteiger partial charge in [0.2, 0.25) is 0 Å². The summed E-state index contributed by atoms with van der Waals surface area (Å²) in [5.41, 5.74) is 0. The normalized spacial score (nSPS) is 0. The van der Waals surface area contributed by atoms with Crippen LogP contribution >= 0.6 is 0 Å². The topological polar surface area (TPSA) is 0 Å². The molecule has 0 saturated heterocycles. The van der Waals surface area contributed by atoms with Crippen LogP contribution in [0.1, 0.15) is 0 Å². The van der Waals surface area contributed by atoms with Gasteiger partial charge in [0.1, 0.15) is 0 Å². The first kappa shape index (κ1) is 49.7. The predicted molar refractivity (Wildman–Crippen MR) is 20.1 cm³/mol. The van der Waals surface area contributed by atoms with E-state index in [9.17, 15) is 0 Å². The summed E-state index contributed by atoms with van der Waals surface area (Å²) in [6.07, 6.45) is 0. The van der Waals surface area contributed by atoms with Crippen LogP contribution in [0.3, 0.4) is 0 Å². The van der Waals surface area contributed by atoms with Crippen molar-refractivity contribution in [3.8, 4) is 0 Å². The molecule has 0 aromatic heterocycles. The molecule has 0 aromatic rings. The second kappa shape index (κ2) is 31.0. The molecule has 0 atom stereocenters. The minimum absolute atomic E-state index is 0. The molecule has 0 amide bonds. The van der Waals surface area contributed by atoms with Crippen LogP contribution in [0.5, 0.6) is 0 Å². The summed E-state index contributed by atoms with van der Waals surface area (Å²) in [5, 5.41) is 0. The summed E-state index contributed by atoms with van der Waals surface area (Å²) < 4.78 is 0. The molecule has 5 heavy (non-hydrogen) atoms. The molecule has 0 unspecified atom stereocenters. The van der Waals surface area contributed by atoms with E-state index in [-0.39, 0.29) is 85.5 Å². The number of hydrogen-bond donors (Lipinski definition) is 0. The van der Waals surface area contributed by atoms with Gasteiger partial charge in [-0.05, 0) is 0 Å². The second-order valence-corrected chi connectivity index (χ2v) is 0. The van der Waals surface area contributed by atoms with E-state index in [1.807, 2.05) is 0 Å². The first-order valence-corrected chi connectivity index (χ1v) is 0. The van der Waals surface area contributed by atoms with Gasteiger partial charge in [0.05, 0.1) is 0 Å². The van der Waals surface area contributed by atoms with E-state index in [2.05, 4.69) is 0 Å². The fraction of sp³-hybridized carbons (Fsp3) is 0. The van der Waals surface area contributed by atoms with Crippen LogP contribution in [0, 0.1) is 0 Å². The van der Waals surface area contributed by atoms with Crippen molar-refractivity contribution in [1.82, 2.24) is 0 Å². The molecule has 0 nitrogen and oxygen atoms in total. The average molecular weight is 200 g/mol. The molecule has 0 spiro atoms. The molecule has 9 radical (unpaired) electrons. The van der Waals surface area contributed by atoms with E-state index in [4.69, 9.17) is 0 Å². The molecule has 5 heteroatoms. The summed E-state index contributed by atoms with van der Waals surface area (Å²) in [4.78, 5) is 0. The maximum atomic E-state index is 0. The van der Waals surface area contributed by atoms with Crippen LogP contribution in [0.25, 0.3) is 0 Å². The van der Waals surface area contributed by atoms with Gasteiger partial charge in [-0.3, -0.25) is 0 Å². The zero-order valence-electron chi connectivity index (χ0n) is 1.76.